The maximum atomic E-state index is 6.16. The average Bonchev–Trinajstić information content (AvgIpc) is 3.09. The van der Waals surface area contributed by atoms with Crippen molar-refractivity contribution in [1.29, 1.82) is 0 Å². The van der Waals surface area contributed by atoms with Crippen LogP contribution in [0.25, 0.3) is 5.69 Å². The molecule has 2 aromatic heterocycles. The van der Waals surface area contributed by atoms with Crippen molar-refractivity contribution in [3.8, 4) is 5.69 Å². The molecule has 3 aromatic rings. The monoisotopic (exact) mass is 326 g/mol. The van der Waals surface area contributed by atoms with Crippen molar-refractivity contribution in [2.45, 2.75) is 6.54 Å². The van der Waals surface area contributed by atoms with Gasteiger partial charge in [0.25, 0.3) is 0 Å². The summed E-state index contributed by atoms with van der Waals surface area (Å²) < 4.78 is 2.22. The predicted molar refractivity (Wildman–Crippen MR) is 78.6 cm³/mol. The van der Waals surface area contributed by atoms with Gasteiger partial charge in [-0.05, 0) is 28.6 Å². The highest BCUT2D eigenvalue weighted by Crippen LogP contribution is 2.26. The van der Waals surface area contributed by atoms with Gasteiger partial charge >= 0.3 is 0 Å². The maximum absolute atomic E-state index is 6.16. The van der Waals surface area contributed by atoms with Gasteiger partial charge in [0, 0.05) is 0 Å². The minimum atomic E-state index is 0.552. The Hall–Kier alpha value is -1.70. The highest BCUT2D eigenvalue weighted by atomic mass is 35.5. The molecule has 6 nitrogen and oxygen atoms in total. The largest absolute Gasteiger partial charge is 0.377 e. The third-order valence-corrected chi connectivity index (χ3v) is 3.96. The number of benzene rings is 1. The van der Waals surface area contributed by atoms with Gasteiger partial charge in [-0.25, -0.2) is 9.67 Å². The van der Waals surface area contributed by atoms with Gasteiger partial charge in [0.05, 0.1) is 29.1 Å². The summed E-state index contributed by atoms with van der Waals surface area (Å²) in [4.78, 5) is 4.18. The van der Waals surface area contributed by atoms with E-state index in [1.54, 1.807) is 16.9 Å². The summed E-state index contributed by atoms with van der Waals surface area (Å²) in [5.74, 6) is 0. The molecule has 0 saturated heterocycles. The fourth-order valence-corrected chi connectivity index (χ4v) is 2.69. The van der Waals surface area contributed by atoms with Gasteiger partial charge in [-0.2, -0.15) is 0 Å². The lowest BCUT2D eigenvalue weighted by Crippen LogP contribution is -2.01. The quantitative estimate of drug-likeness (QED) is 0.798. The van der Waals surface area contributed by atoms with Crippen LogP contribution in [0.1, 0.15) is 5.01 Å². The van der Waals surface area contributed by atoms with Crippen molar-refractivity contribution in [2.75, 3.05) is 5.32 Å². The Morgan fingerprint density at radius 2 is 2.20 bits per heavy atom. The fraction of sp³-hybridized carbons (Fsp3) is 0.0909. The van der Waals surface area contributed by atoms with E-state index >= 15 is 0 Å². The Kier molecular flexibility index (Phi) is 3.81. The van der Waals surface area contributed by atoms with Crippen LogP contribution in [0.5, 0.6) is 0 Å². The summed E-state index contributed by atoms with van der Waals surface area (Å²) in [5, 5.41) is 15.8. The van der Waals surface area contributed by atoms with Crippen LogP contribution in [0.15, 0.2) is 30.7 Å². The van der Waals surface area contributed by atoms with Crippen molar-refractivity contribution in [1.82, 2.24) is 25.2 Å². The van der Waals surface area contributed by atoms with Gasteiger partial charge < -0.3 is 5.32 Å². The molecule has 2 heterocycles. The van der Waals surface area contributed by atoms with Crippen LogP contribution in [0.3, 0.4) is 0 Å². The molecule has 3 rings (SSSR count). The van der Waals surface area contributed by atoms with Crippen LogP contribution in [-0.2, 0) is 6.54 Å². The second kappa shape index (κ2) is 5.74. The van der Waals surface area contributed by atoms with Crippen molar-refractivity contribution in [2.24, 2.45) is 0 Å². The lowest BCUT2D eigenvalue weighted by atomic mass is 10.2. The van der Waals surface area contributed by atoms with Crippen LogP contribution in [0.4, 0.5) is 5.69 Å². The number of thiazole rings is 1. The molecule has 0 atom stereocenters. The number of anilines is 1. The Morgan fingerprint density at radius 3 is 2.90 bits per heavy atom. The van der Waals surface area contributed by atoms with Crippen LogP contribution < -0.4 is 5.32 Å². The molecule has 1 aromatic carbocycles. The first-order valence-electron chi connectivity index (χ1n) is 5.59. The molecule has 0 aliphatic heterocycles. The van der Waals surface area contributed by atoms with Crippen LogP contribution in [0.2, 0.25) is 9.36 Å². The molecule has 102 valence electrons. The van der Waals surface area contributed by atoms with Crippen LogP contribution >= 0.6 is 34.5 Å². The molecule has 1 N–H and O–H groups in total. The topological polar surface area (TPSA) is 68.5 Å². The van der Waals surface area contributed by atoms with E-state index in [1.165, 1.54) is 17.7 Å². The molecule has 20 heavy (non-hydrogen) atoms. The van der Waals surface area contributed by atoms with E-state index in [9.17, 15) is 0 Å². The van der Waals surface area contributed by atoms with E-state index in [-0.39, 0.29) is 0 Å². The molecule has 9 heteroatoms. The van der Waals surface area contributed by atoms with Gasteiger partial charge in [0.2, 0.25) is 0 Å². The lowest BCUT2D eigenvalue weighted by molar-refractivity contribution is 0.789. The zero-order valence-electron chi connectivity index (χ0n) is 9.99. The van der Waals surface area contributed by atoms with E-state index in [4.69, 9.17) is 23.2 Å². The van der Waals surface area contributed by atoms with Gasteiger partial charge in [-0.1, -0.05) is 23.2 Å². The third-order valence-electron chi connectivity index (χ3n) is 2.52. The van der Waals surface area contributed by atoms with Crippen LogP contribution in [0, 0.1) is 0 Å². The number of nitrogens with zero attached hydrogens (tertiary/aromatic N) is 5. The second-order valence-corrected chi connectivity index (χ2v) is 5.98. The highest BCUT2D eigenvalue weighted by Gasteiger charge is 2.06. The molecule has 0 aliphatic rings. The van der Waals surface area contributed by atoms with Gasteiger partial charge in [-0.3, -0.25) is 0 Å². The molecule has 0 aliphatic carbocycles. The summed E-state index contributed by atoms with van der Waals surface area (Å²) in [5.41, 5.74) is 1.60. The smallest absolute Gasteiger partial charge is 0.143 e. The minimum absolute atomic E-state index is 0.552. The lowest BCUT2D eigenvalue weighted by Gasteiger charge is -2.08. The number of aromatic nitrogens is 5. The van der Waals surface area contributed by atoms with E-state index in [2.05, 4.69) is 25.8 Å². The predicted octanol–water partition coefficient (Wildman–Crippen LogP) is 3.04. The standard InChI is InChI=1S/C11H8Cl2N6S/c12-8-2-1-7(19-6-16-17-18-19)3-9(8)14-5-11-15-4-10(13)20-11/h1-4,6,14H,5H2. The van der Waals surface area contributed by atoms with Crippen LogP contribution in [-0.4, -0.2) is 25.2 Å². The average molecular weight is 327 g/mol. The molecule has 0 amide bonds. The summed E-state index contributed by atoms with van der Waals surface area (Å²) in [6.07, 6.45) is 3.15. The number of nitrogens with one attached hydrogen (secondary N) is 1. The Labute approximate surface area is 128 Å². The van der Waals surface area contributed by atoms with Crippen molar-refractivity contribution >= 4 is 40.2 Å². The number of hydrogen-bond acceptors (Lipinski definition) is 6. The molecule has 0 unspecified atom stereocenters. The molecular formula is C11H8Cl2N6S. The number of halogens is 2. The summed E-state index contributed by atoms with van der Waals surface area (Å²) in [7, 11) is 0. The molecule has 0 bridgehead atoms. The number of hydrogen-bond donors (Lipinski definition) is 1. The third kappa shape index (κ3) is 2.90. The molecule has 0 spiro atoms. The highest BCUT2D eigenvalue weighted by molar-refractivity contribution is 7.15. The SMILES string of the molecule is Clc1cnc(CNc2cc(-n3cnnn3)ccc2Cl)s1. The maximum Gasteiger partial charge on any atom is 0.143 e. The van der Waals surface area contributed by atoms with E-state index in [0.29, 0.717) is 15.9 Å². The second-order valence-electron chi connectivity index (χ2n) is 3.83. The first kappa shape index (κ1) is 13.3. The summed E-state index contributed by atoms with van der Waals surface area (Å²) in [6, 6.07) is 5.49. The Bertz CT molecular complexity index is 712. The van der Waals surface area contributed by atoms with E-state index in [1.807, 2.05) is 12.1 Å². The first-order chi connectivity index (χ1) is 9.72. The minimum Gasteiger partial charge on any atom is -0.377 e. The van der Waals surface area contributed by atoms with Crippen molar-refractivity contribution < 1.29 is 0 Å². The van der Waals surface area contributed by atoms with E-state index in [0.717, 1.165) is 16.4 Å². The Balaban J connectivity index is 1.80. The molecule has 0 saturated carbocycles. The van der Waals surface area contributed by atoms with Gasteiger partial charge in [0.1, 0.15) is 15.7 Å². The van der Waals surface area contributed by atoms with Gasteiger partial charge in [-0.15, -0.1) is 16.4 Å². The van der Waals surface area contributed by atoms with Crippen molar-refractivity contribution in [3.63, 3.8) is 0 Å². The number of tetrazole rings is 1. The zero-order chi connectivity index (χ0) is 13.9. The normalized spacial score (nSPS) is 10.7. The van der Waals surface area contributed by atoms with Gasteiger partial charge in [0.15, 0.2) is 0 Å². The zero-order valence-corrected chi connectivity index (χ0v) is 12.3. The Morgan fingerprint density at radius 1 is 1.30 bits per heavy atom. The fourth-order valence-electron chi connectivity index (χ4n) is 1.61. The molecule has 0 radical (unpaired) electrons. The molecule has 0 fully saturated rings. The number of rotatable bonds is 4. The van der Waals surface area contributed by atoms with E-state index < -0.39 is 0 Å². The van der Waals surface area contributed by atoms with Crippen molar-refractivity contribution in [3.05, 3.63) is 45.1 Å². The summed E-state index contributed by atoms with van der Waals surface area (Å²) >= 11 is 13.4. The molecular weight excluding hydrogens is 319 g/mol. The first-order valence-corrected chi connectivity index (χ1v) is 7.16. The summed E-state index contributed by atoms with van der Waals surface area (Å²) in [6.45, 7) is 0.552.